The van der Waals surface area contributed by atoms with Crippen molar-refractivity contribution in [1.82, 2.24) is 0 Å². The molecule has 1 unspecified atom stereocenters. The van der Waals surface area contributed by atoms with Crippen molar-refractivity contribution in [2.24, 2.45) is 4.99 Å². The van der Waals surface area contributed by atoms with Gasteiger partial charge >= 0.3 is 5.97 Å². The molecule has 0 aromatic heterocycles. The number of hydrogen-bond acceptors (Lipinski definition) is 5. The average molecular weight is 185 g/mol. The Labute approximate surface area is 76.0 Å². The third-order valence-electron chi connectivity index (χ3n) is 1.07. The van der Waals surface area contributed by atoms with E-state index in [1.54, 1.807) is 6.92 Å². The lowest BCUT2D eigenvalue weighted by Gasteiger charge is -2.13. The van der Waals surface area contributed by atoms with Gasteiger partial charge in [0, 0.05) is 12.7 Å². The maximum atomic E-state index is 10.7. The molecule has 5 nitrogen and oxygen atoms in total. The average Bonchev–Trinajstić information content (AvgIpc) is 2.14. The summed E-state index contributed by atoms with van der Waals surface area (Å²) in [7, 11) is 0. The van der Waals surface area contributed by atoms with Crippen LogP contribution >= 0.6 is 0 Å². The van der Waals surface area contributed by atoms with Crippen molar-refractivity contribution in [1.29, 1.82) is 0 Å². The lowest BCUT2D eigenvalue weighted by atomic mass is 10.6. The van der Waals surface area contributed by atoms with Gasteiger partial charge < -0.3 is 9.47 Å². The molecule has 0 aliphatic rings. The van der Waals surface area contributed by atoms with E-state index >= 15 is 0 Å². The highest BCUT2D eigenvalue weighted by Gasteiger charge is 2.10. The van der Waals surface area contributed by atoms with Crippen LogP contribution in [-0.4, -0.2) is 31.5 Å². The van der Waals surface area contributed by atoms with Crippen molar-refractivity contribution >= 4 is 12.0 Å². The van der Waals surface area contributed by atoms with Crippen LogP contribution in [0.25, 0.3) is 0 Å². The molecule has 0 aliphatic heterocycles. The van der Waals surface area contributed by atoms with Gasteiger partial charge in [0.1, 0.15) is 6.54 Å². The Morgan fingerprint density at radius 2 is 2.46 bits per heavy atom. The smallest absolute Gasteiger partial charge is 0.332 e. The Morgan fingerprint density at radius 3 is 2.92 bits per heavy atom. The molecule has 0 aromatic carbocycles. The van der Waals surface area contributed by atoms with Crippen LogP contribution in [0.3, 0.4) is 0 Å². The molecular formula is C8H11NO4. The van der Waals surface area contributed by atoms with Gasteiger partial charge in [0.2, 0.25) is 12.4 Å². The number of nitrogens with zero attached hydrogens (tertiary/aromatic N) is 1. The van der Waals surface area contributed by atoms with E-state index in [-0.39, 0.29) is 6.54 Å². The molecule has 0 heterocycles. The summed E-state index contributed by atoms with van der Waals surface area (Å²) in [6, 6.07) is 0. The van der Waals surface area contributed by atoms with E-state index in [9.17, 15) is 9.59 Å². The normalized spacial score (nSPS) is 11.2. The van der Waals surface area contributed by atoms with Crippen molar-refractivity contribution < 1.29 is 19.1 Å². The maximum absolute atomic E-state index is 10.7. The predicted octanol–water partition coefficient (Wildman–Crippen LogP) is 0.414. The number of carbonyl (C=O) groups excluding carboxylic acids is 2. The molecule has 0 rings (SSSR count). The fourth-order valence-corrected chi connectivity index (χ4v) is 0.599. The van der Waals surface area contributed by atoms with Gasteiger partial charge in [-0.15, -0.1) is 0 Å². The summed E-state index contributed by atoms with van der Waals surface area (Å²) in [6.45, 7) is 5.27. The Hall–Kier alpha value is -1.45. The number of ether oxygens (including phenoxy) is 2. The molecule has 5 heteroatoms. The molecule has 0 aliphatic carbocycles. The number of rotatable bonds is 6. The van der Waals surface area contributed by atoms with Gasteiger partial charge in [-0.1, -0.05) is 6.58 Å². The molecule has 0 aromatic rings. The molecule has 0 amide bonds. The molecule has 0 N–H and O–H groups in total. The van der Waals surface area contributed by atoms with E-state index in [0.29, 0.717) is 6.61 Å². The van der Waals surface area contributed by atoms with Crippen LogP contribution in [0.5, 0.6) is 0 Å². The summed E-state index contributed by atoms with van der Waals surface area (Å²) in [4.78, 5) is 23.7. The Morgan fingerprint density at radius 1 is 1.77 bits per heavy atom. The zero-order valence-corrected chi connectivity index (χ0v) is 7.36. The molecule has 0 spiro atoms. The highest BCUT2D eigenvalue weighted by molar-refractivity contribution is 5.81. The first-order valence-electron chi connectivity index (χ1n) is 3.72. The minimum atomic E-state index is -0.836. The minimum Gasteiger partial charge on any atom is -0.431 e. The molecular weight excluding hydrogens is 174 g/mol. The molecule has 0 saturated carbocycles. The lowest BCUT2D eigenvalue weighted by Crippen LogP contribution is -2.23. The van der Waals surface area contributed by atoms with Crippen molar-refractivity contribution in [2.45, 2.75) is 13.2 Å². The number of carbonyl (C=O) groups is 1. The van der Waals surface area contributed by atoms with E-state index < -0.39 is 12.3 Å². The highest BCUT2D eigenvalue weighted by atomic mass is 16.7. The molecule has 13 heavy (non-hydrogen) atoms. The van der Waals surface area contributed by atoms with Crippen LogP contribution in [0.1, 0.15) is 6.92 Å². The van der Waals surface area contributed by atoms with Crippen molar-refractivity contribution in [3.8, 4) is 0 Å². The second-order valence-electron chi connectivity index (χ2n) is 1.96. The number of hydrogen-bond donors (Lipinski definition) is 0. The quantitative estimate of drug-likeness (QED) is 0.198. The van der Waals surface area contributed by atoms with Crippen molar-refractivity contribution in [3.05, 3.63) is 12.7 Å². The van der Waals surface area contributed by atoms with Gasteiger partial charge in [-0.25, -0.2) is 9.59 Å². The Kier molecular flexibility index (Phi) is 6.41. The van der Waals surface area contributed by atoms with Crippen molar-refractivity contribution in [2.75, 3.05) is 13.2 Å². The summed E-state index contributed by atoms with van der Waals surface area (Å²) in [5.41, 5.74) is 0. The standard InChI is InChI=1S/C8H11NO4/c1-3-7(11)13-8(12-4-2)5-9-6-10/h3,8H,1,4-5H2,2H3. The van der Waals surface area contributed by atoms with Crippen LogP contribution in [0.4, 0.5) is 0 Å². The molecule has 72 valence electrons. The summed E-state index contributed by atoms with van der Waals surface area (Å²) < 4.78 is 9.64. The number of isocyanates is 1. The van der Waals surface area contributed by atoms with Crippen LogP contribution < -0.4 is 0 Å². The topological polar surface area (TPSA) is 65.0 Å². The minimum absolute atomic E-state index is 0.0447. The Bertz CT molecular complexity index is 220. The summed E-state index contributed by atoms with van der Waals surface area (Å²) >= 11 is 0. The van der Waals surface area contributed by atoms with Gasteiger partial charge in [0.05, 0.1) is 0 Å². The van der Waals surface area contributed by atoms with Gasteiger partial charge in [-0.3, -0.25) is 0 Å². The van der Waals surface area contributed by atoms with Gasteiger partial charge in [-0.2, -0.15) is 4.99 Å². The molecule has 0 radical (unpaired) electrons. The highest BCUT2D eigenvalue weighted by Crippen LogP contribution is 1.96. The van der Waals surface area contributed by atoms with Crippen LogP contribution in [-0.2, 0) is 19.1 Å². The van der Waals surface area contributed by atoms with Crippen LogP contribution in [0.2, 0.25) is 0 Å². The first kappa shape index (κ1) is 11.6. The van der Waals surface area contributed by atoms with E-state index in [4.69, 9.17) is 9.47 Å². The Balaban J connectivity index is 3.99. The SMILES string of the molecule is C=CC(=O)OC(CN=C=O)OCC. The van der Waals surface area contributed by atoms with Crippen LogP contribution in [0.15, 0.2) is 17.6 Å². The second kappa shape index (κ2) is 7.21. The second-order valence-corrected chi connectivity index (χ2v) is 1.96. The predicted molar refractivity (Wildman–Crippen MR) is 44.7 cm³/mol. The van der Waals surface area contributed by atoms with E-state index in [0.717, 1.165) is 6.08 Å². The molecule has 0 fully saturated rings. The number of esters is 1. The third kappa shape index (κ3) is 5.78. The first-order chi connectivity index (χ1) is 6.24. The lowest BCUT2D eigenvalue weighted by molar-refractivity contribution is -0.169. The van der Waals surface area contributed by atoms with E-state index in [1.807, 2.05) is 0 Å². The van der Waals surface area contributed by atoms with E-state index in [2.05, 4.69) is 11.6 Å². The van der Waals surface area contributed by atoms with Crippen molar-refractivity contribution in [3.63, 3.8) is 0 Å². The third-order valence-corrected chi connectivity index (χ3v) is 1.07. The maximum Gasteiger partial charge on any atom is 0.332 e. The molecule has 0 saturated heterocycles. The first-order valence-corrected chi connectivity index (χ1v) is 3.72. The van der Waals surface area contributed by atoms with E-state index in [1.165, 1.54) is 6.08 Å². The van der Waals surface area contributed by atoms with Gasteiger partial charge in [0.25, 0.3) is 0 Å². The zero-order chi connectivity index (χ0) is 10.1. The monoisotopic (exact) mass is 185 g/mol. The molecule has 1 atom stereocenters. The number of aliphatic imine (C=N–C) groups is 1. The fraction of sp³-hybridized carbons (Fsp3) is 0.500. The fourth-order valence-electron chi connectivity index (χ4n) is 0.599. The summed E-state index contributed by atoms with van der Waals surface area (Å²) in [5.74, 6) is -0.612. The summed E-state index contributed by atoms with van der Waals surface area (Å²) in [6.07, 6.45) is 1.50. The van der Waals surface area contributed by atoms with Gasteiger partial charge in [-0.05, 0) is 6.92 Å². The van der Waals surface area contributed by atoms with Gasteiger partial charge in [0.15, 0.2) is 0 Å². The van der Waals surface area contributed by atoms with Crippen LogP contribution in [0, 0.1) is 0 Å². The summed E-state index contributed by atoms with van der Waals surface area (Å²) in [5, 5.41) is 0. The largest absolute Gasteiger partial charge is 0.431 e. The molecule has 0 bridgehead atoms. The zero-order valence-electron chi connectivity index (χ0n) is 7.36.